The fourth-order valence-electron chi connectivity index (χ4n) is 3.80. The zero-order valence-electron chi connectivity index (χ0n) is 18.9. The molecule has 30 heavy (non-hydrogen) atoms. The third kappa shape index (κ3) is 4.20. The number of methoxy groups -OCH3 is 1. The van der Waals surface area contributed by atoms with E-state index in [9.17, 15) is 9.59 Å². The molecule has 2 amide bonds. The van der Waals surface area contributed by atoms with Gasteiger partial charge in [0.15, 0.2) is 0 Å². The molecule has 0 aliphatic carbocycles. The van der Waals surface area contributed by atoms with Crippen LogP contribution in [-0.2, 0) is 18.8 Å². The molecule has 166 valence electrons. The molecule has 3 rings (SSSR count). The smallest absolute Gasteiger partial charge is 0.453 e. The summed E-state index contributed by atoms with van der Waals surface area (Å²) < 4.78 is 16.9. The molecule has 2 aliphatic rings. The first-order valence-electron chi connectivity index (χ1n) is 10.5. The molecule has 1 aromatic heterocycles. The van der Waals surface area contributed by atoms with Crippen molar-refractivity contribution < 1.29 is 23.6 Å². The van der Waals surface area contributed by atoms with E-state index in [2.05, 4.69) is 20.0 Å². The van der Waals surface area contributed by atoms with Crippen molar-refractivity contribution >= 4 is 24.7 Å². The SMILES string of the molecule is COC(=O)NC(C(=O)N1CCCC1c1ncc(B2OC(C)(C)C(C)(C)O2)[nH]1)C(C)C. The maximum Gasteiger partial charge on any atom is 0.513 e. The number of carbonyl (C=O) groups excluding carboxylic acids is 2. The van der Waals surface area contributed by atoms with Gasteiger partial charge in [0.25, 0.3) is 0 Å². The fourth-order valence-corrected chi connectivity index (χ4v) is 3.80. The molecule has 2 fully saturated rings. The molecule has 2 N–H and O–H groups in total. The molecule has 0 spiro atoms. The van der Waals surface area contributed by atoms with Crippen LogP contribution in [-0.4, -0.2) is 64.9 Å². The number of H-pyrrole nitrogens is 1. The number of imidazole rings is 1. The third-order valence-electron chi connectivity index (χ3n) is 6.37. The average molecular weight is 420 g/mol. The van der Waals surface area contributed by atoms with E-state index in [4.69, 9.17) is 9.31 Å². The van der Waals surface area contributed by atoms with Crippen LogP contribution in [0.15, 0.2) is 6.20 Å². The molecule has 2 saturated heterocycles. The summed E-state index contributed by atoms with van der Waals surface area (Å²) in [5.41, 5.74) is -0.152. The zero-order valence-corrected chi connectivity index (χ0v) is 18.9. The van der Waals surface area contributed by atoms with Gasteiger partial charge >= 0.3 is 13.2 Å². The van der Waals surface area contributed by atoms with Gasteiger partial charge in [-0.15, -0.1) is 0 Å². The van der Waals surface area contributed by atoms with E-state index in [0.29, 0.717) is 12.4 Å². The Kier molecular flexibility index (Phi) is 6.20. The molecule has 2 unspecified atom stereocenters. The standard InChI is InChI=1S/C20H33BN4O5/c1-12(2)15(24-18(27)28-7)17(26)25-10-8-9-13(25)16-22-11-14(23-16)21-29-19(3,4)20(5,6)30-21/h11-13,15H,8-10H2,1-7H3,(H,22,23)(H,24,27). The van der Waals surface area contributed by atoms with Gasteiger partial charge in [0.2, 0.25) is 5.91 Å². The van der Waals surface area contributed by atoms with Crippen molar-refractivity contribution in [3.8, 4) is 0 Å². The number of hydrogen-bond acceptors (Lipinski definition) is 6. The summed E-state index contributed by atoms with van der Waals surface area (Å²) in [7, 11) is 0.752. The quantitative estimate of drug-likeness (QED) is 0.704. The predicted molar refractivity (Wildman–Crippen MR) is 112 cm³/mol. The van der Waals surface area contributed by atoms with E-state index in [1.807, 2.05) is 41.5 Å². The summed E-state index contributed by atoms with van der Waals surface area (Å²) in [5, 5.41) is 2.66. The van der Waals surface area contributed by atoms with Crippen molar-refractivity contribution in [3.05, 3.63) is 12.0 Å². The van der Waals surface area contributed by atoms with Gasteiger partial charge in [-0.05, 0) is 46.5 Å². The number of carbonyl (C=O) groups is 2. The fraction of sp³-hybridized carbons (Fsp3) is 0.750. The highest BCUT2D eigenvalue weighted by Crippen LogP contribution is 2.37. The van der Waals surface area contributed by atoms with Gasteiger partial charge in [-0.1, -0.05) is 13.8 Å². The Morgan fingerprint density at radius 3 is 2.50 bits per heavy atom. The van der Waals surface area contributed by atoms with Gasteiger partial charge in [0.1, 0.15) is 11.9 Å². The van der Waals surface area contributed by atoms with Gasteiger partial charge in [0.05, 0.1) is 29.9 Å². The summed E-state index contributed by atoms with van der Waals surface area (Å²) in [6.07, 6.45) is 2.76. The lowest BCUT2D eigenvalue weighted by atomic mass is 9.86. The summed E-state index contributed by atoms with van der Waals surface area (Å²) >= 11 is 0. The Labute approximate surface area is 178 Å². The van der Waals surface area contributed by atoms with Gasteiger partial charge in [0, 0.05) is 12.7 Å². The summed E-state index contributed by atoms with van der Waals surface area (Å²) in [6.45, 7) is 12.4. The van der Waals surface area contributed by atoms with E-state index >= 15 is 0 Å². The predicted octanol–water partition coefficient (Wildman–Crippen LogP) is 1.75. The second kappa shape index (κ2) is 8.22. The molecule has 0 aromatic carbocycles. The molecule has 10 heteroatoms. The van der Waals surface area contributed by atoms with Crippen LogP contribution >= 0.6 is 0 Å². The summed E-state index contributed by atoms with van der Waals surface area (Å²) in [4.78, 5) is 34.5. The van der Waals surface area contributed by atoms with Gasteiger partial charge in [-0.2, -0.15) is 0 Å². The van der Waals surface area contributed by atoms with Crippen molar-refractivity contribution in [3.63, 3.8) is 0 Å². The molecular weight excluding hydrogens is 387 g/mol. The molecule has 0 saturated carbocycles. The van der Waals surface area contributed by atoms with Crippen LogP contribution in [0.25, 0.3) is 0 Å². The Bertz CT molecular complexity index is 778. The zero-order chi connectivity index (χ0) is 22.3. The molecule has 0 bridgehead atoms. The number of alkyl carbamates (subject to hydrolysis) is 1. The molecule has 3 heterocycles. The first kappa shape index (κ1) is 22.6. The highest BCUT2D eigenvalue weighted by molar-refractivity contribution is 6.61. The van der Waals surface area contributed by atoms with E-state index in [1.165, 1.54) is 7.11 Å². The minimum atomic E-state index is -0.657. The normalized spacial score (nSPS) is 23.7. The maximum absolute atomic E-state index is 13.2. The second-order valence-corrected chi connectivity index (χ2v) is 9.36. The number of aromatic nitrogens is 2. The van der Waals surface area contributed by atoms with Crippen molar-refractivity contribution in [2.75, 3.05) is 13.7 Å². The number of likely N-dealkylation sites (tertiary alicyclic amines) is 1. The number of ether oxygens (including phenoxy) is 1. The first-order chi connectivity index (χ1) is 14.0. The number of nitrogens with one attached hydrogen (secondary N) is 2. The van der Waals surface area contributed by atoms with Gasteiger partial charge < -0.3 is 29.2 Å². The lowest BCUT2D eigenvalue weighted by Crippen LogP contribution is -2.51. The maximum atomic E-state index is 13.2. The number of hydrogen-bond donors (Lipinski definition) is 2. The number of aromatic amines is 1. The topological polar surface area (TPSA) is 106 Å². The van der Waals surface area contributed by atoms with Gasteiger partial charge in [-0.25, -0.2) is 9.78 Å². The molecule has 2 aliphatic heterocycles. The van der Waals surface area contributed by atoms with Crippen LogP contribution < -0.4 is 10.9 Å². The van der Waals surface area contributed by atoms with Crippen molar-refractivity contribution in [2.24, 2.45) is 5.92 Å². The third-order valence-corrected chi connectivity index (χ3v) is 6.37. The Hall–Kier alpha value is -2.07. The molecule has 2 atom stereocenters. The van der Waals surface area contributed by atoms with Crippen LogP contribution in [0.4, 0.5) is 4.79 Å². The Morgan fingerprint density at radius 2 is 1.93 bits per heavy atom. The highest BCUT2D eigenvalue weighted by atomic mass is 16.7. The number of nitrogens with zero attached hydrogens (tertiary/aromatic N) is 2. The lowest BCUT2D eigenvalue weighted by Gasteiger charge is -2.32. The monoisotopic (exact) mass is 420 g/mol. The molecular formula is C20H33BN4O5. The van der Waals surface area contributed by atoms with E-state index in [-0.39, 0.29) is 17.9 Å². The Balaban J connectivity index is 1.76. The molecule has 9 nitrogen and oxygen atoms in total. The minimum Gasteiger partial charge on any atom is -0.453 e. The van der Waals surface area contributed by atoms with Crippen molar-refractivity contribution in [1.82, 2.24) is 20.2 Å². The largest absolute Gasteiger partial charge is 0.513 e. The average Bonchev–Trinajstić information content (AvgIpc) is 3.36. The van der Waals surface area contributed by atoms with Crippen LogP contribution in [0, 0.1) is 5.92 Å². The second-order valence-electron chi connectivity index (χ2n) is 9.36. The van der Waals surface area contributed by atoms with Crippen LogP contribution in [0.5, 0.6) is 0 Å². The highest BCUT2D eigenvalue weighted by Gasteiger charge is 2.52. The lowest BCUT2D eigenvalue weighted by molar-refractivity contribution is -0.135. The minimum absolute atomic E-state index is 0.0743. The van der Waals surface area contributed by atoms with Crippen molar-refractivity contribution in [2.45, 2.75) is 77.7 Å². The van der Waals surface area contributed by atoms with Crippen molar-refractivity contribution in [1.29, 1.82) is 0 Å². The number of rotatable bonds is 5. The first-order valence-corrected chi connectivity index (χ1v) is 10.5. The molecule has 0 radical (unpaired) electrons. The van der Waals surface area contributed by atoms with E-state index in [1.54, 1.807) is 11.1 Å². The summed E-state index contributed by atoms with van der Waals surface area (Å²) in [6, 6.07) is -0.843. The van der Waals surface area contributed by atoms with Gasteiger partial charge in [-0.3, -0.25) is 4.79 Å². The van der Waals surface area contributed by atoms with Crippen LogP contribution in [0.2, 0.25) is 0 Å². The van der Waals surface area contributed by atoms with E-state index < -0.39 is 30.5 Å². The molecule has 1 aromatic rings. The Morgan fingerprint density at radius 1 is 1.30 bits per heavy atom. The van der Waals surface area contributed by atoms with Crippen LogP contribution in [0.3, 0.4) is 0 Å². The summed E-state index contributed by atoms with van der Waals surface area (Å²) in [5.74, 6) is 0.493. The number of amides is 2. The van der Waals surface area contributed by atoms with E-state index in [0.717, 1.165) is 18.4 Å². The van der Waals surface area contributed by atoms with Crippen LogP contribution in [0.1, 0.15) is 66.3 Å².